The van der Waals surface area contributed by atoms with Gasteiger partial charge in [-0.25, -0.2) is 4.99 Å². The molecule has 0 atom stereocenters. The Labute approximate surface area is 119 Å². The molecule has 0 radical (unpaired) electrons. The van der Waals surface area contributed by atoms with Crippen LogP contribution in [0.2, 0.25) is 0 Å². The summed E-state index contributed by atoms with van der Waals surface area (Å²) in [5.41, 5.74) is 2.96. The van der Waals surface area contributed by atoms with E-state index < -0.39 is 0 Å². The first kappa shape index (κ1) is 13.9. The molecule has 0 aliphatic heterocycles. The number of benzene rings is 2. The molecule has 0 fully saturated rings. The Morgan fingerprint density at radius 3 is 1.65 bits per heavy atom. The predicted octanol–water partition coefficient (Wildman–Crippen LogP) is 3.62. The van der Waals surface area contributed by atoms with Crippen LogP contribution in [0.5, 0.6) is 0 Å². The number of nitrogens with zero attached hydrogens (tertiary/aromatic N) is 1. The van der Waals surface area contributed by atoms with E-state index in [0.29, 0.717) is 5.95 Å². The van der Waals surface area contributed by atoms with Crippen LogP contribution in [0.15, 0.2) is 77.8 Å². The molecule has 0 aliphatic rings. The maximum atomic E-state index is 5.05. The maximum Gasteiger partial charge on any atom is 0.297 e. The number of aliphatic imine (C=N–C) groups is 1. The van der Waals surface area contributed by atoms with E-state index in [-0.39, 0.29) is 0 Å². The average Bonchev–Trinajstić information content (AvgIpc) is 2.53. The zero-order valence-electron chi connectivity index (χ0n) is 11.6. The highest BCUT2D eigenvalue weighted by atomic mass is 16.7. The van der Waals surface area contributed by atoms with E-state index in [9.17, 15) is 0 Å². The van der Waals surface area contributed by atoms with Gasteiger partial charge in [-0.1, -0.05) is 60.7 Å². The molecule has 0 N–H and O–H groups in total. The lowest BCUT2D eigenvalue weighted by Gasteiger charge is -2.07. The van der Waals surface area contributed by atoms with Crippen LogP contribution in [-0.2, 0) is 9.47 Å². The first-order valence-electron chi connectivity index (χ1n) is 6.32. The van der Waals surface area contributed by atoms with Crippen molar-refractivity contribution in [3.8, 4) is 0 Å². The van der Waals surface area contributed by atoms with Gasteiger partial charge in [0.15, 0.2) is 0 Å². The second kappa shape index (κ2) is 7.14. The molecular formula is C17H17NO2. The van der Waals surface area contributed by atoms with Crippen molar-refractivity contribution >= 4 is 5.71 Å². The summed E-state index contributed by atoms with van der Waals surface area (Å²) in [6.07, 6.45) is 1.58. The maximum absolute atomic E-state index is 5.05. The molecule has 0 unspecified atom stereocenters. The van der Waals surface area contributed by atoms with E-state index in [0.717, 1.165) is 16.8 Å². The second-order valence-electron chi connectivity index (χ2n) is 4.07. The summed E-state index contributed by atoms with van der Waals surface area (Å²) in [4.78, 5) is 4.51. The van der Waals surface area contributed by atoms with Gasteiger partial charge in [0, 0.05) is 11.1 Å². The molecule has 2 rings (SSSR count). The predicted molar refractivity (Wildman–Crippen MR) is 80.6 cm³/mol. The van der Waals surface area contributed by atoms with Crippen molar-refractivity contribution < 1.29 is 9.47 Å². The average molecular weight is 267 g/mol. The lowest BCUT2D eigenvalue weighted by atomic mass is 10.0. The van der Waals surface area contributed by atoms with Crippen molar-refractivity contribution in [3.05, 3.63) is 83.9 Å². The van der Waals surface area contributed by atoms with Gasteiger partial charge in [0.1, 0.15) is 6.20 Å². The Hall–Kier alpha value is -2.55. The molecule has 2 aromatic rings. The fourth-order valence-electron chi connectivity index (χ4n) is 1.81. The molecular weight excluding hydrogens is 250 g/mol. The van der Waals surface area contributed by atoms with E-state index in [4.69, 9.17) is 9.47 Å². The van der Waals surface area contributed by atoms with Gasteiger partial charge in [0.05, 0.1) is 19.9 Å². The van der Waals surface area contributed by atoms with Gasteiger partial charge in [-0.2, -0.15) is 0 Å². The van der Waals surface area contributed by atoms with Crippen LogP contribution in [-0.4, -0.2) is 19.9 Å². The van der Waals surface area contributed by atoms with E-state index in [2.05, 4.69) is 4.99 Å². The minimum Gasteiger partial charge on any atom is -0.468 e. The molecule has 102 valence electrons. The SMILES string of the molecule is COC(=CN=C(c1ccccc1)c1ccccc1)OC. The lowest BCUT2D eigenvalue weighted by molar-refractivity contribution is 0.0945. The Morgan fingerprint density at radius 2 is 1.25 bits per heavy atom. The van der Waals surface area contributed by atoms with Gasteiger partial charge in [-0.15, -0.1) is 0 Å². The molecule has 0 saturated carbocycles. The summed E-state index contributed by atoms with van der Waals surface area (Å²) in [5.74, 6) is 0.370. The van der Waals surface area contributed by atoms with E-state index in [1.165, 1.54) is 0 Å². The highest BCUT2D eigenvalue weighted by Crippen LogP contribution is 2.12. The Balaban J connectivity index is 2.45. The molecule has 0 aromatic heterocycles. The molecule has 20 heavy (non-hydrogen) atoms. The summed E-state index contributed by atoms with van der Waals surface area (Å²) in [6, 6.07) is 20.0. The molecule has 0 aliphatic carbocycles. The molecule has 0 amide bonds. The van der Waals surface area contributed by atoms with Crippen molar-refractivity contribution in [2.24, 2.45) is 4.99 Å². The summed E-state index contributed by atoms with van der Waals surface area (Å²) in [5, 5.41) is 0. The van der Waals surface area contributed by atoms with Crippen LogP contribution in [0.1, 0.15) is 11.1 Å². The van der Waals surface area contributed by atoms with Crippen molar-refractivity contribution in [1.82, 2.24) is 0 Å². The number of hydrogen-bond acceptors (Lipinski definition) is 3. The number of hydrogen-bond donors (Lipinski definition) is 0. The zero-order chi connectivity index (χ0) is 14.2. The van der Waals surface area contributed by atoms with E-state index >= 15 is 0 Å². The van der Waals surface area contributed by atoms with Crippen LogP contribution < -0.4 is 0 Å². The third-order valence-electron chi connectivity index (χ3n) is 2.80. The van der Waals surface area contributed by atoms with Crippen molar-refractivity contribution in [2.75, 3.05) is 14.2 Å². The van der Waals surface area contributed by atoms with Crippen LogP contribution in [0.4, 0.5) is 0 Å². The zero-order valence-corrected chi connectivity index (χ0v) is 11.6. The summed E-state index contributed by atoms with van der Waals surface area (Å²) >= 11 is 0. The summed E-state index contributed by atoms with van der Waals surface area (Å²) in [6.45, 7) is 0. The Bertz CT molecular complexity index is 541. The van der Waals surface area contributed by atoms with E-state index in [1.807, 2.05) is 60.7 Å². The molecule has 2 aromatic carbocycles. The number of rotatable bonds is 5. The first-order chi connectivity index (χ1) is 9.85. The number of ether oxygens (including phenoxy) is 2. The molecule has 3 heteroatoms. The molecule has 0 bridgehead atoms. The molecule has 0 spiro atoms. The standard InChI is InChI=1S/C17H17NO2/c1-19-16(20-2)13-18-17(14-9-5-3-6-10-14)15-11-7-4-8-12-15/h3-13H,1-2H3. The minimum atomic E-state index is 0.370. The monoisotopic (exact) mass is 267 g/mol. The largest absolute Gasteiger partial charge is 0.468 e. The fraction of sp³-hybridized carbons (Fsp3) is 0.118. The van der Waals surface area contributed by atoms with Crippen LogP contribution >= 0.6 is 0 Å². The van der Waals surface area contributed by atoms with Crippen LogP contribution in [0.25, 0.3) is 0 Å². The quantitative estimate of drug-likeness (QED) is 0.612. The normalized spacial score (nSPS) is 9.50. The van der Waals surface area contributed by atoms with Crippen molar-refractivity contribution in [1.29, 1.82) is 0 Å². The highest BCUT2D eigenvalue weighted by Gasteiger charge is 2.05. The molecule has 0 heterocycles. The lowest BCUT2D eigenvalue weighted by Crippen LogP contribution is -2.02. The topological polar surface area (TPSA) is 30.8 Å². The highest BCUT2D eigenvalue weighted by molar-refractivity contribution is 6.13. The summed E-state index contributed by atoms with van der Waals surface area (Å²) < 4.78 is 10.1. The minimum absolute atomic E-state index is 0.370. The van der Waals surface area contributed by atoms with Gasteiger partial charge >= 0.3 is 0 Å². The van der Waals surface area contributed by atoms with Gasteiger partial charge in [-0.3, -0.25) is 0 Å². The van der Waals surface area contributed by atoms with Gasteiger partial charge < -0.3 is 9.47 Å². The van der Waals surface area contributed by atoms with Gasteiger partial charge in [0.25, 0.3) is 5.95 Å². The first-order valence-corrected chi connectivity index (χ1v) is 6.32. The molecule has 0 saturated heterocycles. The summed E-state index contributed by atoms with van der Waals surface area (Å²) in [7, 11) is 3.10. The fourth-order valence-corrected chi connectivity index (χ4v) is 1.81. The molecule has 3 nitrogen and oxygen atoms in total. The Morgan fingerprint density at radius 1 is 0.800 bits per heavy atom. The van der Waals surface area contributed by atoms with Crippen molar-refractivity contribution in [3.63, 3.8) is 0 Å². The number of methoxy groups -OCH3 is 2. The second-order valence-corrected chi connectivity index (χ2v) is 4.07. The van der Waals surface area contributed by atoms with Gasteiger partial charge in [-0.05, 0) is 0 Å². The third-order valence-corrected chi connectivity index (χ3v) is 2.80. The van der Waals surface area contributed by atoms with Crippen molar-refractivity contribution in [2.45, 2.75) is 0 Å². The van der Waals surface area contributed by atoms with Crippen LogP contribution in [0.3, 0.4) is 0 Å². The van der Waals surface area contributed by atoms with Gasteiger partial charge in [0.2, 0.25) is 0 Å². The Kier molecular flexibility index (Phi) is 4.95. The third kappa shape index (κ3) is 3.48. The van der Waals surface area contributed by atoms with E-state index in [1.54, 1.807) is 20.4 Å². The smallest absolute Gasteiger partial charge is 0.297 e. The van der Waals surface area contributed by atoms with Crippen LogP contribution in [0, 0.1) is 0 Å².